The van der Waals surface area contributed by atoms with E-state index < -0.39 is 5.82 Å². The van der Waals surface area contributed by atoms with E-state index in [-0.39, 0.29) is 10.9 Å². The van der Waals surface area contributed by atoms with Crippen LogP contribution in [0.25, 0.3) is 11.3 Å². The van der Waals surface area contributed by atoms with Gasteiger partial charge in [0.25, 0.3) is 5.91 Å². The Morgan fingerprint density at radius 1 is 1.26 bits per heavy atom. The van der Waals surface area contributed by atoms with Crippen molar-refractivity contribution in [3.8, 4) is 11.3 Å². The van der Waals surface area contributed by atoms with Crippen LogP contribution in [0.5, 0.6) is 0 Å². The van der Waals surface area contributed by atoms with Crippen molar-refractivity contribution in [2.75, 3.05) is 5.32 Å². The van der Waals surface area contributed by atoms with E-state index in [1.807, 2.05) is 18.2 Å². The average Bonchev–Trinajstić information content (AvgIpc) is 3.07. The summed E-state index contributed by atoms with van der Waals surface area (Å²) in [6, 6.07) is 12.0. The lowest BCUT2D eigenvalue weighted by Crippen LogP contribution is -2.11. The molecule has 6 heteroatoms. The molecule has 0 aliphatic heterocycles. The third kappa shape index (κ3) is 2.52. The van der Waals surface area contributed by atoms with Crippen LogP contribution < -0.4 is 5.32 Å². The zero-order chi connectivity index (χ0) is 16.0. The number of amides is 1. The predicted octanol–water partition coefficient (Wildman–Crippen LogP) is 4.76. The van der Waals surface area contributed by atoms with Crippen molar-refractivity contribution in [2.45, 2.75) is 6.42 Å². The highest BCUT2D eigenvalue weighted by molar-refractivity contribution is 7.16. The van der Waals surface area contributed by atoms with Crippen LogP contribution in [0, 0.1) is 5.82 Å². The zero-order valence-corrected chi connectivity index (χ0v) is 13.3. The molecule has 1 aliphatic rings. The minimum atomic E-state index is -0.548. The van der Waals surface area contributed by atoms with Crippen molar-refractivity contribution >= 4 is 34.0 Å². The van der Waals surface area contributed by atoms with Crippen molar-refractivity contribution in [3.05, 3.63) is 69.3 Å². The van der Waals surface area contributed by atoms with Gasteiger partial charge in [-0.15, -0.1) is 11.3 Å². The van der Waals surface area contributed by atoms with E-state index >= 15 is 0 Å². The molecular weight excluding hydrogens is 335 g/mol. The molecule has 1 aliphatic carbocycles. The number of thiazole rings is 1. The van der Waals surface area contributed by atoms with E-state index in [4.69, 9.17) is 11.6 Å². The largest absolute Gasteiger partial charge is 0.298 e. The lowest BCUT2D eigenvalue weighted by atomic mass is 10.1. The first kappa shape index (κ1) is 14.4. The Morgan fingerprint density at radius 2 is 2.09 bits per heavy atom. The van der Waals surface area contributed by atoms with Gasteiger partial charge >= 0.3 is 0 Å². The summed E-state index contributed by atoms with van der Waals surface area (Å²) < 4.78 is 13.2. The minimum Gasteiger partial charge on any atom is -0.298 e. The van der Waals surface area contributed by atoms with Gasteiger partial charge in [-0.2, -0.15) is 0 Å². The van der Waals surface area contributed by atoms with Crippen LogP contribution in [0.1, 0.15) is 20.8 Å². The molecule has 0 fully saturated rings. The van der Waals surface area contributed by atoms with Gasteiger partial charge in [-0.1, -0.05) is 35.9 Å². The van der Waals surface area contributed by atoms with Crippen LogP contribution in [0.3, 0.4) is 0 Å². The molecule has 0 bridgehead atoms. The fraction of sp³-hybridized carbons (Fsp3) is 0.0588. The number of carbonyl (C=O) groups excluding carboxylic acids is 1. The first-order chi connectivity index (χ1) is 11.1. The molecule has 3 nitrogen and oxygen atoms in total. The summed E-state index contributed by atoms with van der Waals surface area (Å²) in [7, 11) is 0. The molecular formula is C17H10ClFN2OS. The fourth-order valence-corrected chi connectivity index (χ4v) is 3.80. The maximum atomic E-state index is 13.2. The highest BCUT2D eigenvalue weighted by Crippen LogP contribution is 2.40. The van der Waals surface area contributed by atoms with Crippen molar-refractivity contribution in [2.24, 2.45) is 0 Å². The number of nitrogens with zero attached hydrogens (tertiary/aromatic N) is 1. The van der Waals surface area contributed by atoms with E-state index in [2.05, 4.69) is 16.4 Å². The predicted molar refractivity (Wildman–Crippen MR) is 89.7 cm³/mol. The third-order valence-electron chi connectivity index (χ3n) is 3.72. The van der Waals surface area contributed by atoms with Crippen LogP contribution in [0.2, 0.25) is 5.02 Å². The smallest absolute Gasteiger partial charge is 0.257 e. The molecule has 1 amide bonds. The second kappa shape index (κ2) is 5.44. The van der Waals surface area contributed by atoms with Gasteiger partial charge in [-0.25, -0.2) is 9.37 Å². The average molecular weight is 345 g/mol. The lowest BCUT2D eigenvalue weighted by molar-refractivity contribution is 0.102. The quantitative estimate of drug-likeness (QED) is 0.569. The summed E-state index contributed by atoms with van der Waals surface area (Å²) >= 11 is 7.17. The molecule has 0 unspecified atom stereocenters. The molecule has 3 aromatic rings. The summed E-state index contributed by atoms with van der Waals surface area (Å²) in [6.07, 6.45) is 0.835. The molecule has 1 N–H and O–H groups in total. The van der Waals surface area contributed by atoms with Gasteiger partial charge in [0, 0.05) is 22.4 Å². The number of anilines is 1. The Labute approximate surface area is 140 Å². The first-order valence-electron chi connectivity index (χ1n) is 6.96. The van der Waals surface area contributed by atoms with Crippen molar-refractivity contribution < 1.29 is 9.18 Å². The molecule has 23 heavy (non-hydrogen) atoms. The second-order valence-corrected chi connectivity index (χ2v) is 6.70. The monoisotopic (exact) mass is 344 g/mol. The number of carbonyl (C=O) groups is 1. The maximum Gasteiger partial charge on any atom is 0.257 e. The fourth-order valence-electron chi connectivity index (χ4n) is 2.62. The van der Waals surface area contributed by atoms with Crippen LogP contribution >= 0.6 is 22.9 Å². The second-order valence-electron chi connectivity index (χ2n) is 5.21. The lowest BCUT2D eigenvalue weighted by Gasteiger charge is -2.03. The molecule has 0 radical (unpaired) electrons. The minimum absolute atomic E-state index is 0.0757. The Bertz CT molecular complexity index is 938. The van der Waals surface area contributed by atoms with E-state index in [9.17, 15) is 9.18 Å². The molecule has 0 atom stereocenters. The Hall–Kier alpha value is -2.24. The number of nitrogens with one attached hydrogen (secondary N) is 1. The molecule has 2 aromatic carbocycles. The summed E-state index contributed by atoms with van der Waals surface area (Å²) in [5.74, 6) is -0.902. The topological polar surface area (TPSA) is 42.0 Å². The normalized spacial score (nSPS) is 11.9. The van der Waals surface area contributed by atoms with E-state index in [1.54, 1.807) is 0 Å². The summed E-state index contributed by atoms with van der Waals surface area (Å²) in [6.45, 7) is 0. The van der Waals surface area contributed by atoms with Crippen LogP contribution in [-0.2, 0) is 6.42 Å². The van der Waals surface area contributed by atoms with Crippen LogP contribution in [-0.4, -0.2) is 10.9 Å². The summed E-state index contributed by atoms with van der Waals surface area (Å²) in [4.78, 5) is 17.9. The molecule has 0 spiro atoms. The van der Waals surface area contributed by atoms with Crippen molar-refractivity contribution in [1.29, 1.82) is 0 Å². The van der Waals surface area contributed by atoms with Crippen molar-refractivity contribution in [3.63, 3.8) is 0 Å². The van der Waals surface area contributed by atoms with Gasteiger partial charge in [0.1, 0.15) is 5.82 Å². The number of rotatable bonds is 2. The third-order valence-corrected chi connectivity index (χ3v) is 4.98. The number of halogens is 2. The van der Waals surface area contributed by atoms with Gasteiger partial charge in [-0.3, -0.25) is 10.1 Å². The number of benzene rings is 2. The standard InChI is InChI=1S/C17H10ClFN2OS/c18-12-7-10(5-6-13(12)19)16(22)21-17-20-15-11-4-2-1-3-9(11)8-14(15)23-17/h1-7H,8H2,(H,20,21,22). The van der Waals surface area contributed by atoms with Gasteiger partial charge in [0.15, 0.2) is 5.13 Å². The Kier molecular flexibility index (Phi) is 3.39. The molecule has 1 aromatic heterocycles. The summed E-state index contributed by atoms with van der Waals surface area (Å²) in [5, 5.41) is 3.21. The number of aromatic nitrogens is 1. The van der Waals surface area contributed by atoms with Gasteiger partial charge in [0.05, 0.1) is 10.7 Å². The summed E-state index contributed by atoms with van der Waals surface area (Å²) in [5.41, 5.74) is 3.60. The van der Waals surface area contributed by atoms with Crippen LogP contribution in [0.15, 0.2) is 42.5 Å². The van der Waals surface area contributed by atoms with E-state index in [0.717, 1.165) is 22.6 Å². The van der Waals surface area contributed by atoms with Crippen molar-refractivity contribution in [1.82, 2.24) is 4.98 Å². The molecule has 0 saturated heterocycles. The van der Waals surface area contributed by atoms with Gasteiger partial charge < -0.3 is 0 Å². The first-order valence-corrected chi connectivity index (χ1v) is 8.15. The van der Waals surface area contributed by atoms with Crippen LogP contribution in [0.4, 0.5) is 9.52 Å². The molecule has 1 heterocycles. The number of hydrogen-bond donors (Lipinski definition) is 1. The molecule has 114 valence electrons. The van der Waals surface area contributed by atoms with Gasteiger partial charge in [-0.05, 0) is 23.8 Å². The Balaban J connectivity index is 1.59. The highest BCUT2D eigenvalue weighted by atomic mass is 35.5. The van der Waals surface area contributed by atoms with Gasteiger partial charge in [0.2, 0.25) is 0 Å². The molecule has 4 rings (SSSR count). The number of hydrogen-bond acceptors (Lipinski definition) is 3. The maximum absolute atomic E-state index is 13.2. The SMILES string of the molecule is O=C(Nc1nc2c(s1)Cc1ccccc1-2)c1ccc(F)c(Cl)c1. The number of fused-ring (bicyclic) bond motifs is 3. The zero-order valence-electron chi connectivity index (χ0n) is 11.8. The van der Waals surface area contributed by atoms with E-state index in [1.165, 1.54) is 35.1 Å². The Morgan fingerprint density at radius 3 is 2.91 bits per heavy atom. The van der Waals surface area contributed by atoms with E-state index in [0.29, 0.717) is 10.7 Å². The molecule has 0 saturated carbocycles. The highest BCUT2D eigenvalue weighted by Gasteiger charge is 2.23.